The number of hydrogen-bond donors (Lipinski definition) is 1. The van der Waals surface area contributed by atoms with Crippen molar-refractivity contribution in [3.05, 3.63) is 0 Å². The number of rotatable bonds is 1. The first kappa shape index (κ1) is 7.31. The molecule has 0 aliphatic carbocycles. The van der Waals surface area contributed by atoms with Gasteiger partial charge in [0, 0.05) is 13.1 Å². The largest absolute Gasteiger partial charge is 0.316 e. The number of likely N-dealkylation sites (tertiary alicyclic amines) is 1. The van der Waals surface area contributed by atoms with Crippen LogP contribution in [0.3, 0.4) is 0 Å². The van der Waals surface area contributed by atoms with Crippen LogP contribution in [0.1, 0.15) is 0 Å². The number of hydrogen-bond acceptors (Lipinski definition) is 2. The molecule has 0 radical (unpaired) electrons. The molecular weight excluding hydrogens is 239 g/mol. The molecule has 0 bridgehead atoms. The van der Waals surface area contributed by atoms with Gasteiger partial charge < -0.3 is 5.32 Å². The fourth-order valence-electron chi connectivity index (χ4n) is 2.05. The summed E-state index contributed by atoms with van der Waals surface area (Å²) in [6.45, 7) is 5.19. The van der Waals surface area contributed by atoms with Gasteiger partial charge in [0.05, 0.1) is 4.55 Å². The van der Waals surface area contributed by atoms with Crippen LogP contribution in [0.25, 0.3) is 0 Å². The predicted octanol–water partition coefficient (Wildman–Crippen LogP) is 0.530. The lowest BCUT2D eigenvalue weighted by Gasteiger charge is -2.11. The molecule has 2 nitrogen and oxygen atoms in total. The first-order chi connectivity index (χ1) is 4.90. The molecule has 0 aromatic heterocycles. The summed E-state index contributed by atoms with van der Waals surface area (Å²) >= 11 is 2.46. The smallest absolute Gasteiger partial charge is 0.0505 e. The highest BCUT2D eigenvalue weighted by Gasteiger charge is 2.35. The average molecular weight is 252 g/mol. The molecule has 2 heterocycles. The Kier molecular flexibility index (Phi) is 2.15. The van der Waals surface area contributed by atoms with Crippen molar-refractivity contribution in [2.24, 2.45) is 11.8 Å². The van der Waals surface area contributed by atoms with Gasteiger partial charge in [-0.15, -0.1) is 0 Å². The van der Waals surface area contributed by atoms with E-state index in [1.54, 1.807) is 0 Å². The summed E-state index contributed by atoms with van der Waals surface area (Å²) in [4.78, 5) is 2.55. The first-order valence-corrected chi connectivity index (χ1v) is 5.41. The summed E-state index contributed by atoms with van der Waals surface area (Å²) in [6.07, 6.45) is 0. The summed E-state index contributed by atoms with van der Waals surface area (Å²) < 4.78 is 1.21. The number of alkyl halides is 1. The zero-order chi connectivity index (χ0) is 6.97. The third-order valence-electron chi connectivity index (χ3n) is 2.63. The lowest BCUT2D eigenvalue weighted by atomic mass is 10.0. The minimum absolute atomic E-state index is 0.967. The molecule has 10 heavy (non-hydrogen) atoms. The van der Waals surface area contributed by atoms with Crippen molar-refractivity contribution >= 4 is 22.6 Å². The topological polar surface area (TPSA) is 15.3 Å². The highest BCUT2D eigenvalue weighted by atomic mass is 127. The fourth-order valence-corrected chi connectivity index (χ4v) is 2.61. The van der Waals surface area contributed by atoms with Crippen molar-refractivity contribution in [2.45, 2.75) is 0 Å². The molecule has 2 rings (SSSR count). The SMILES string of the molecule is ICN1CC2CNCC2C1. The van der Waals surface area contributed by atoms with Gasteiger partial charge in [0.15, 0.2) is 0 Å². The normalized spacial score (nSPS) is 40.5. The van der Waals surface area contributed by atoms with Crippen LogP contribution in [0.5, 0.6) is 0 Å². The van der Waals surface area contributed by atoms with E-state index in [-0.39, 0.29) is 0 Å². The van der Waals surface area contributed by atoms with E-state index in [9.17, 15) is 0 Å². The van der Waals surface area contributed by atoms with E-state index in [1.165, 1.54) is 30.7 Å². The molecular formula is C7H13IN2. The third-order valence-corrected chi connectivity index (χ3v) is 3.60. The van der Waals surface area contributed by atoms with Crippen LogP contribution in [-0.4, -0.2) is 35.6 Å². The van der Waals surface area contributed by atoms with Crippen molar-refractivity contribution in [3.8, 4) is 0 Å². The summed E-state index contributed by atoms with van der Waals surface area (Å²) in [7, 11) is 0. The van der Waals surface area contributed by atoms with Crippen molar-refractivity contribution in [3.63, 3.8) is 0 Å². The van der Waals surface area contributed by atoms with Crippen LogP contribution in [-0.2, 0) is 0 Å². The highest BCUT2D eigenvalue weighted by molar-refractivity contribution is 14.1. The summed E-state index contributed by atoms with van der Waals surface area (Å²) in [5, 5.41) is 3.44. The molecule has 1 N–H and O–H groups in total. The lowest BCUT2D eigenvalue weighted by molar-refractivity contribution is 0.375. The minimum Gasteiger partial charge on any atom is -0.316 e. The van der Waals surface area contributed by atoms with E-state index in [2.05, 4.69) is 32.8 Å². The lowest BCUT2D eigenvalue weighted by Crippen LogP contribution is -2.24. The zero-order valence-electron chi connectivity index (χ0n) is 6.02. The molecule has 3 heteroatoms. The predicted molar refractivity (Wildman–Crippen MR) is 50.3 cm³/mol. The van der Waals surface area contributed by atoms with E-state index in [4.69, 9.17) is 0 Å². The van der Waals surface area contributed by atoms with Crippen molar-refractivity contribution < 1.29 is 0 Å². The molecule has 2 atom stereocenters. The summed E-state index contributed by atoms with van der Waals surface area (Å²) in [6, 6.07) is 0. The fraction of sp³-hybridized carbons (Fsp3) is 1.00. The Morgan fingerprint density at radius 2 is 1.90 bits per heavy atom. The maximum Gasteiger partial charge on any atom is 0.0505 e. The standard InChI is InChI=1S/C7H13IN2/c8-5-10-3-6-1-9-2-7(6)4-10/h6-7,9H,1-5H2. The van der Waals surface area contributed by atoms with Crippen LogP contribution in [0, 0.1) is 11.8 Å². The molecule has 0 spiro atoms. The van der Waals surface area contributed by atoms with Gasteiger partial charge in [0.25, 0.3) is 0 Å². The monoisotopic (exact) mass is 252 g/mol. The van der Waals surface area contributed by atoms with E-state index in [0.717, 1.165) is 11.8 Å². The Morgan fingerprint density at radius 1 is 1.30 bits per heavy atom. The second-order valence-corrected chi connectivity index (χ2v) is 4.02. The van der Waals surface area contributed by atoms with Gasteiger partial charge in [-0.05, 0) is 24.9 Å². The van der Waals surface area contributed by atoms with Crippen LogP contribution in [0.15, 0.2) is 0 Å². The third kappa shape index (κ3) is 1.19. The number of halogens is 1. The second-order valence-electron chi connectivity index (χ2n) is 3.33. The van der Waals surface area contributed by atoms with E-state index in [1.807, 2.05) is 0 Å². The maximum absolute atomic E-state index is 3.44. The van der Waals surface area contributed by atoms with E-state index >= 15 is 0 Å². The molecule has 2 unspecified atom stereocenters. The molecule has 0 aromatic rings. The van der Waals surface area contributed by atoms with Crippen LogP contribution in [0.4, 0.5) is 0 Å². The van der Waals surface area contributed by atoms with Gasteiger partial charge in [-0.25, -0.2) is 0 Å². The van der Waals surface area contributed by atoms with Gasteiger partial charge in [0.2, 0.25) is 0 Å². The zero-order valence-corrected chi connectivity index (χ0v) is 8.17. The number of fused-ring (bicyclic) bond motifs is 1. The molecule has 0 aromatic carbocycles. The second kappa shape index (κ2) is 2.95. The Balaban J connectivity index is 1.94. The first-order valence-electron chi connectivity index (χ1n) is 3.89. The minimum atomic E-state index is 0.967. The molecule has 0 amide bonds. The molecule has 2 fully saturated rings. The molecule has 2 aliphatic rings. The molecule has 0 saturated carbocycles. The average Bonchev–Trinajstić information content (AvgIpc) is 2.42. The van der Waals surface area contributed by atoms with Gasteiger partial charge in [0.1, 0.15) is 0 Å². The van der Waals surface area contributed by atoms with Gasteiger partial charge in [-0.2, -0.15) is 0 Å². The van der Waals surface area contributed by atoms with Crippen molar-refractivity contribution in [2.75, 3.05) is 30.7 Å². The molecule has 2 saturated heterocycles. The summed E-state index contributed by atoms with van der Waals surface area (Å²) in [5.41, 5.74) is 0. The molecule has 58 valence electrons. The Bertz CT molecular complexity index is 117. The Labute approximate surface area is 75.5 Å². The van der Waals surface area contributed by atoms with Crippen LogP contribution in [0.2, 0.25) is 0 Å². The van der Waals surface area contributed by atoms with Gasteiger partial charge in [-0.1, -0.05) is 22.6 Å². The van der Waals surface area contributed by atoms with Crippen molar-refractivity contribution in [1.29, 1.82) is 0 Å². The number of nitrogens with zero attached hydrogens (tertiary/aromatic N) is 1. The summed E-state index contributed by atoms with van der Waals surface area (Å²) in [5.74, 6) is 1.93. The van der Waals surface area contributed by atoms with Gasteiger partial charge in [-0.3, -0.25) is 4.90 Å². The van der Waals surface area contributed by atoms with E-state index < -0.39 is 0 Å². The van der Waals surface area contributed by atoms with Gasteiger partial charge >= 0.3 is 0 Å². The van der Waals surface area contributed by atoms with Crippen molar-refractivity contribution in [1.82, 2.24) is 10.2 Å². The number of nitrogens with one attached hydrogen (secondary N) is 1. The van der Waals surface area contributed by atoms with Crippen LogP contribution >= 0.6 is 22.6 Å². The maximum atomic E-state index is 3.44. The van der Waals surface area contributed by atoms with Crippen LogP contribution < -0.4 is 5.32 Å². The Hall–Kier alpha value is 0.650. The Morgan fingerprint density at radius 3 is 2.40 bits per heavy atom. The highest BCUT2D eigenvalue weighted by Crippen LogP contribution is 2.26. The quantitative estimate of drug-likeness (QED) is 0.416. The molecule has 2 aliphatic heterocycles. The van der Waals surface area contributed by atoms with E-state index in [0.29, 0.717) is 0 Å².